The predicted octanol–water partition coefficient (Wildman–Crippen LogP) is 3.64. The van der Waals surface area contributed by atoms with E-state index in [4.69, 9.17) is 17.3 Å². The van der Waals surface area contributed by atoms with E-state index >= 15 is 0 Å². The van der Waals surface area contributed by atoms with Gasteiger partial charge in [-0.15, -0.1) is 5.10 Å². The van der Waals surface area contributed by atoms with Crippen LogP contribution in [0, 0.1) is 6.92 Å². The fourth-order valence-electron chi connectivity index (χ4n) is 2.03. The normalized spacial score (nSPS) is 10.8. The fraction of sp³-hybridized carbons (Fsp3) is 0.0714. The van der Waals surface area contributed by atoms with Crippen LogP contribution in [0.2, 0.25) is 5.02 Å². The molecule has 21 heavy (non-hydrogen) atoms. The molecule has 106 valence electrons. The highest BCUT2D eigenvalue weighted by Crippen LogP contribution is 2.30. The molecule has 0 bridgehead atoms. The van der Waals surface area contributed by atoms with Crippen molar-refractivity contribution in [3.8, 4) is 17.1 Å². The smallest absolute Gasteiger partial charge is 0.189 e. The van der Waals surface area contributed by atoms with Gasteiger partial charge in [0, 0.05) is 20.7 Å². The lowest BCUT2D eigenvalue weighted by Crippen LogP contribution is -2.03. The summed E-state index contributed by atoms with van der Waals surface area (Å²) in [5.41, 5.74) is 9.29. The molecular weight excluding hydrogens is 354 g/mol. The Labute approximate surface area is 134 Å². The number of nitrogens with two attached hydrogens (primary N) is 1. The van der Waals surface area contributed by atoms with E-state index in [0.717, 1.165) is 21.3 Å². The number of aryl methyl sites for hydroxylation is 1. The van der Waals surface area contributed by atoms with Crippen LogP contribution in [0.3, 0.4) is 0 Å². The maximum atomic E-state index is 6.06. The summed E-state index contributed by atoms with van der Waals surface area (Å²) < 4.78 is 2.45. The number of hydrogen-bond acceptors (Lipinski definition) is 4. The number of nitrogen functional groups attached to an aromatic ring is 1. The number of halogens is 2. The van der Waals surface area contributed by atoms with Crippen molar-refractivity contribution < 1.29 is 0 Å². The fourth-order valence-corrected chi connectivity index (χ4v) is 2.61. The molecule has 3 aromatic rings. The maximum absolute atomic E-state index is 6.06. The third kappa shape index (κ3) is 2.64. The van der Waals surface area contributed by atoms with Crippen LogP contribution in [0.5, 0.6) is 0 Å². The zero-order chi connectivity index (χ0) is 15.0. The van der Waals surface area contributed by atoms with E-state index in [1.807, 2.05) is 31.2 Å². The Balaban J connectivity index is 2.22. The van der Waals surface area contributed by atoms with Gasteiger partial charge >= 0.3 is 0 Å². The molecule has 1 aromatic heterocycles. The van der Waals surface area contributed by atoms with Crippen molar-refractivity contribution in [2.75, 3.05) is 5.73 Å². The first kappa shape index (κ1) is 14.0. The zero-order valence-corrected chi connectivity index (χ0v) is 13.4. The van der Waals surface area contributed by atoms with Gasteiger partial charge in [0.25, 0.3) is 0 Å². The Bertz CT molecular complexity index is 749. The molecule has 5 nitrogen and oxygen atoms in total. The monoisotopic (exact) mass is 363 g/mol. The van der Waals surface area contributed by atoms with Gasteiger partial charge in [-0.3, -0.25) is 0 Å². The molecule has 0 unspecified atom stereocenters. The van der Waals surface area contributed by atoms with Crippen LogP contribution in [0.25, 0.3) is 17.1 Å². The number of rotatable bonds is 2. The Morgan fingerprint density at radius 3 is 2.81 bits per heavy atom. The summed E-state index contributed by atoms with van der Waals surface area (Å²) in [5.74, 6) is 0.569. The van der Waals surface area contributed by atoms with E-state index < -0.39 is 0 Å². The van der Waals surface area contributed by atoms with Crippen LogP contribution in [0.1, 0.15) is 5.56 Å². The molecular formula is C14H11BrClN5. The number of anilines is 1. The molecule has 2 N–H and O–H groups in total. The third-order valence-corrected chi connectivity index (χ3v) is 3.96. The first-order chi connectivity index (χ1) is 10.1. The number of nitrogens with zero attached hydrogens (tertiary/aromatic N) is 4. The summed E-state index contributed by atoms with van der Waals surface area (Å²) in [6.45, 7) is 1.99. The lowest BCUT2D eigenvalue weighted by Gasteiger charge is -2.09. The van der Waals surface area contributed by atoms with Gasteiger partial charge in [-0.05, 0) is 63.6 Å². The number of hydrogen-bond donors (Lipinski definition) is 1. The molecule has 0 saturated carbocycles. The minimum atomic E-state index is 0.569. The van der Waals surface area contributed by atoms with Gasteiger partial charge in [0.1, 0.15) is 0 Å². The Hall–Kier alpha value is -1.92. The largest absolute Gasteiger partial charge is 0.398 e. The van der Waals surface area contributed by atoms with E-state index in [9.17, 15) is 0 Å². The second kappa shape index (κ2) is 5.46. The van der Waals surface area contributed by atoms with E-state index in [2.05, 4.69) is 31.5 Å². The summed E-state index contributed by atoms with van der Waals surface area (Å²) in [6, 6.07) is 11.2. The molecule has 0 aliphatic rings. The summed E-state index contributed by atoms with van der Waals surface area (Å²) in [4.78, 5) is 0. The van der Waals surface area contributed by atoms with Crippen molar-refractivity contribution in [2.24, 2.45) is 0 Å². The predicted molar refractivity (Wildman–Crippen MR) is 86.4 cm³/mol. The number of aromatic nitrogens is 4. The zero-order valence-electron chi connectivity index (χ0n) is 11.1. The van der Waals surface area contributed by atoms with Crippen molar-refractivity contribution in [3.05, 3.63) is 51.5 Å². The summed E-state index contributed by atoms with van der Waals surface area (Å²) in [6.07, 6.45) is 0. The Kier molecular flexibility index (Phi) is 3.65. The molecule has 0 saturated heterocycles. The van der Waals surface area contributed by atoms with Gasteiger partial charge in [-0.1, -0.05) is 23.2 Å². The highest BCUT2D eigenvalue weighted by Gasteiger charge is 2.15. The molecule has 0 amide bonds. The van der Waals surface area contributed by atoms with E-state index in [0.29, 0.717) is 16.5 Å². The minimum Gasteiger partial charge on any atom is -0.398 e. The second-order valence-electron chi connectivity index (χ2n) is 4.60. The van der Waals surface area contributed by atoms with E-state index in [1.54, 1.807) is 16.8 Å². The van der Waals surface area contributed by atoms with Crippen molar-refractivity contribution >= 4 is 33.2 Å². The molecule has 2 aromatic carbocycles. The quantitative estimate of drug-likeness (QED) is 0.705. The molecule has 0 aliphatic carbocycles. The summed E-state index contributed by atoms with van der Waals surface area (Å²) in [7, 11) is 0. The summed E-state index contributed by atoms with van der Waals surface area (Å²) >= 11 is 9.55. The number of tetrazole rings is 1. The topological polar surface area (TPSA) is 69.6 Å². The van der Waals surface area contributed by atoms with Gasteiger partial charge in [0.05, 0.1) is 5.69 Å². The van der Waals surface area contributed by atoms with Crippen LogP contribution in [0.4, 0.5) is 5.69 Å². The first-order valence-electron chi connectivity index (χ1n) is 6.16. The van der Waals surface area contributed by atoms with Gasteiger partial charge in [-0.2, -0.15) is 4.68 Å². The number of benzene rings is 2. The van der Waals surface area contributed by atoms with Crippen LogP contribution in [-0.2, 0) is 0 Å². The molecule has 0 atom stereocenters. The van der Waals surface area contributed by atoms with Crippen molar-refractivity contribution in [1.82, 2.24) is 20.2 Å². The van der Waals surface area contributed by atoms with Crippen LogP contribution >= 0.6 is 27.5 Å². The average Bonchev–Trinajstić information content (AvgIpc) is 2.93. The molecule has 0 radical (unpaired) electrons. The van der Waals surface area contributed by atoms with Crippen LogP contribution in [0.15, 0.2) is 40.9 Å². The standard InChI is InChI=1S/C14H11BrClN5/c1-8-2-5-12(17)10(6-8)14-18-19-20-21(14)13-7-9(16)3-4-11(13)15/h2-7H,17H2,1H3. The lowest BCUT2D eigenvalue weighted by atomic mass is 10.1. The maximum Gasteiger partial charge on any atom is 0.189 e. The molecule has 1 heterocycles. The Morgan fingerprint density at radius 1 is 1.19 bits per heavy atom. The molecule has 0 fully saturated rings. The second-order valence-corrected chi connectivity index (χ2v) is 5.89. The highest BCUT2D eigenvalue weighted by atomic mass is 79.9. The highest BCUT2D eigenvalue weighted by molar-refractivity contribution is 9.10. The Morgan fingerprint density at radius 2 is 2.00 bits per heavy atom. The molecule has 0 spiro atoms. The van der Waals surface area contributed by atoms with Crippen molar-refractivity contribution in [2.45, 2.75) is 6.92 Å². The lowest BCUT2D eigenvalue weighted by molar-refractivity contribution is 0.789. The molecule has 7 heteroatoms. The van der Waals surface area contributed by atoms with Crippen molar-refractivity contribution in [1.29, 1.82) is 0 Å². The van der Waals surface area contributed by atoms with E-state index in [-0.39, 0.29) is 0 Å². The molecule has 0 aliphatic heterocycles. The van der Waals surface area contributed by atoms with Gasteiger partial charge in [0.2, 0.25) is 0 Å². The average molecular weight is 365 g/mol. The minimum absolute atomic E-state index is 0.569. The van der Waals surface area contributed by atoms with Crippen molar-refractivity contribution in [3.63, 3.8) is 0 Å². The van der Waals surface area contributed by atoms with Crippen LogP contribution < -0.4 is 5.73 Å². The van der Waals surface area contributed by atoms with Gasteiger partial charge in [0.15, 0.2) is 5.82 Å². The molecule has 3 rings (SSSR count). The first-order valence-corrected chi connectivity index (χ1v) is 7.33. The van der Waals surface area contributed by atoms with Crippen LogP contribution in [-0.4, -0.2) is 20.2 Å². The van der Waals surface area contributed by atoms with Gasteiger partial charge in [-0.25, -0.2) is 0 Å². The SMILES string of the molecule is Cc1ccc(N)c(-c2nnnn2-c2cc(Cl)ccc2Br)c1. The summed E-state index contributed by atoms with van der Waals surface area (Å²) in [5, 5.41) is 12.5. The van der Waals surface area contributed by atoms with E-state index in [1.165, 1.54) is 0 Å². The van der Waals surface area contributed by atoms with Gasteiger partial charge < -0.3 is 5.73 Å². The third-order valence-electron chi connectivity index (χ3n) is 3.06.